The Bertz CT molecular complexity index is 1550. The first-order valence-corrected chi connectivity index (χ1v) is 11.9. The highest BCUT2D eigenvalue weighted by atomic mass is 79.9. The first-order valence-electron chi connectivity index (χ1n) is 10.8. The van der Waals surface area contributed by atoms with Gasteiger partial charge in [-0.25, -0.2) is 4.39 Å². The van der Waals surface area contributed by atoms with Gasteiger partial charge in [0.05, 0.1) is 41.7 Å². The average molecular weight is 568 g/mol. The Hall–Kier alpha value is -3.93. The lowest BCUT2D eigenvalue weighted by atomic mass is 10.2. The maximum atomic E-state index is 14.4. The molecule has 4 aromatic rings. The number of hydrogen-bond acceptors (Lipinski definition) is 8. The lowest BCUT2D eigenvalue weighted by molar-refractivity contribution is 0.414. The Morgan fingerprint density at radius 3 is 2.64 bits per heavy atom. The molecule has 5 rings (SSSR count). The first kappa shape index (κ1) is 23.8. The fourth-order valence-electron chi connectivity index (χ4n) is 3.79. The number of nitrogens with zero attached hydrogens (tertiary/aromatic N) is 7. The van der Waals surface area contributed by atoms with Crippen molar-refractivity contribution in [1.29, 1.82) is 10.5 Å². The molecule has 0 unspecified atom stereocenters. The monoisotopic (exact) mass is 566 g/mol. The highest BCUT2D eigenvalue weighted by molar-refractivity contribution is 9.10. The second-order valence-corrected chi connectivity index (χ2v) is 9.34. The van der Waals surface area contributed by atoms with Crippen LogP contribution in [-0.4, -0.2) is 38.9 Å². The minimum absolute atomic E-state index is 0.120. The number of anilines is 3. The number of nitrogens with one attached hydrogen (secondary N) is 1. The number of halogens is 3. The first-order chi connectivity index (χ1) is 17.4. The fraction of sp³-hybridized carbons (Fsp3) is 0.208. The van der Waals surface area contributed by atoms with Crippen LogP contribution >= 0.6 is 27.5 Å². The maximum absolute atomic E-state index is 14.4. The number of fused-ring (bicyclic) bond motifs is 1. The van der Waals surface area contributed by atoms with Crippen LogP contribution in [-0.2, 0) is 6.54 Å². The van der Waals surface area contributed by atoms with Gasteiger partial charge >= 0.3 is 0 Å². The second-order valence-electron chi connectivity index (χ2n) is 8.10. The number of benzene rings is 2. The summed E-state index contributed by atoms with van der Waals surface area (Å²) in [6, 6.07) is 14.4. The highest BCUT2D eigenvalue weighted by Gasteiger charge is 2.44. The van der Waals surface area contributed by atoms with Gasteiger partial charge in [0, 0.05) is 17.4 Å². The third-order valence-electron chi connectivity index (χ3n) is 5.73. The summed E-state index contributed by atoms with van der Waals surface area (Å²) >= 11 is 9.77. The van der Waals surface area contributed by atoms with Gasteiger partial charge in [-0.2, -0.15) is 30.1 Å². The number of nitriles is 2. The summed E-state index contributed by atoms with van der Waals surface area (Å²) in [4.78, 5) is 10.9. The van der Waals surface area contributed by atoms with E-state index < -0.39 is 12.2 Å². The number of methoxy groups -OCH3 is 1. The summed E-state index contributed by atoms with van der Waals surface area (Å²) in [5, 5.41) is 26.6. The molecule has 0 bridgehead atoms. The van der Waals surface area contributed by atoms with E-state index in [1.54, 1.807) is 19.2 Å². The quantitative estimate of drug-likeness (QED) is 0.326. The molecule has 0 spiro atoms. The van der Waals surface area contributed by atoms with Crippen LogP contribution in [0.15, 0.2) is 47.1 Å². The van der Waals surface area contributed by atoms with Gasteiger partial charge in [-0.05, 0) is 45.8 Å². The summed E-state index contributed by atoms with van der Waals surface area (Å²) in [6.07, 6.45) is 0.718. The molecule has 1 saturated carbocycles. The van der Waals surface area contributed by atoms with Crippen LogP contribution in [0.25, 0.3) is 5.65 Å². The van der Waals surface area contributed by atoms with Gasteiger partial charge in [0.25, 0.3) is 0 Å². The molecule has 9 nitrogen and oxygen atoms in total. The van der Waals surface area contributed by atoms with E-state index in [4.69, 9.17) is 16.3 Å². The molecule has 2 aromatic heterocycles. The minimum atomic E-state index is -1.02. The van der Waals surface area contributed by atoms with E-state index in [0.29, 0.717) is 45.4 Å². The van der Waals surface area contributed by atoms with E-state index in [0.717, 1.165) is 5.56 Å². The van der Waals surface area contributed by atoms with Gasteiger partial charge in [-0.15, -0.1) is 0 Å². The molecule has 180 valence electrons. The van der Waals surface area contributed by atoms with Crippen LogP contribution < -0.4 is 15.0 Å². The molecule has 1 aliphatic rings. The topological polar surface area (TPSA) is 115 Å². The molecule has 0 saturated heterocycles. The average Bonchev–Trinajstić information content (AvgIpc) is 3.46. The summed E-state index contributed by atoms with van der Waals surface area (Å²) < 4.78 is 21.6. The van der Waals surface area contributed by atoms with Gasteiger partial charge < -0.3 is 15.0 Å². The zero-order valence-electron chi connectivity index (χ0n) is 18.8. The predicted octanol–water partition coefficient (Wildman–Crippen LogP) is 5.15. The largest absolute Gasteiger partial charge is 0.497 e. The third kappa shape index (κ3) is 4.51. The minimum Gasteiger partial charge on any atom is -0.497 e. The molecule has 2 heterocycles. The van der Waals surface area contributed by atoms with E-state index in [2.05, 4.69) is 48.5 Å². The number of ether oxygens (including phenoxy) is 1. The molecular weight excluding hydrogens is 551 g/mol. The number of aromatic nitrogens is 4. The van der Waals surface area contributed by atoms with Crippen LogP contribution in [0, 0.1) is 22.7 Å². The van der Waals surface area contributed by atoms with Crippen LogP contribution in [0.1, 0.15) is 23.1 Å². The zero-order chi connectivity index (χ0) is 25.4. The van der Waals surface area contributed by atoms with Crippen molar-refractivity contribution in [1.82, 2.24) is 19.6 Å². The smallest absolute Gasteiger partial charge is 0.232 e. The molecule has 0 aliphatic heterocycles. The van der Waals surface area contributed by atoms with E-state index >= 15 is 0 Å². The summed E-state index contributed by atoms with van der Waals surface area (Å²) in [7, 11) is 1.59. The van der Waals surface area contributed by atoms with Crippen molar-refractivity contribution in [3.05, 3.63) is 68.8 Å². The Balaban J connectivity index is 1.61. The van der Waals surface area contributed by atoms with E-state index in [1.165, 1.54) is 10.7 Å². The third-order valence-corrected chi connectivity index (χ3v) is 6.99. The summed E-state index contributed by atoms with van der Waals surface area (Å²) in [5.41, 5.74) is 2.17. The van der Waals surface area contributed by atoms with Crippen molar-refractivity contribution in [2.45, 2.75) is 25.2 Å². The molecule has 1 N–H and O–H groups in total. The standard InChI is InChI=1S/C24H17BrClFN8O/c1-36-16-4-2-13(3-5-16)12-34(20-8-18(20)27)24-33-23(32-22-15(10-29)11-30-35(22)24)31-19-7-14(9-28)6-17(25)21(19)26/h2-7,11,18,20H,8,12H2,1H3,(H,31,32)/t18-,20+/m0/s1. The number of rotatable bonds is 7. The van der Waals surface area contributed by atoms with Crippen molar-refractivity contribution in [2.75, 3.05) is 17.3 Å². The lowest BCUT2D eigenvalue weighted by Gasteiger charge is -2.24. The van der Waals surface area contributed by atoms with Crippen LogP contribution in [0.5, 0.6) is 5.75 Å². The van der Waals surface area contributed by atoms with Crippen molar-refractivity contribution >= 4 is 50.8 Å². The van der Waals surface area contributed by atoms with Crippen LogP contribution in [0.4, 0.5) is 22.0 Å². The van der Waals surface area contributed by atoms with Crippen molar-refractivity contribution in [3.63, 3.8) is 0 Å². The number of alkyl halides is 1. The van der Waals surface area contributed by atoms with Gasteiger partial charge in [-0.3, -0.25) is 0 Å². The highest BCUT2D eigenvalue weighted by Crippen LogP contribution is 2.37. The van der Waals surface area contributed by atoms with Crippen molar-refractivity contribution < 1.29 is 9.13 Å². The molecule has 1 fully saturated rings. The molecule has 2 aromatic carbocycles. The summed E-state index contributed by atoms with van der Waals surface area (Å²) in [6.45, 7) is 0.346. The zero-order valence-corrected chi connectivity index (χ0v) is 21.1. The van der Waals surface area contributed by atoms with E-state index in [1.807, 2.05) is 29.2 Å². The van der Waals surface area contributed by atoms with Gasteiger partial charge in [-0.1, -0.05) is 23.7 Å². The van der Waals surface area contributed by atoms with E-state index in [9.17, 15) is 14.9 Å². The fourth-order valence-corrected chi connectivity index (χ4v) is 4.40. The van der Waals surface area contributed by atoms with Crippen LogP contribution in [0.2, 0.25) is 5.02 Å². The molecule has 0 radical (unpaired) electrons. The van der Waals surface area contributed by atoms with Gasteiger partial charge in [0.15, 0.2) is 5.65 Å². The number of hydrogen-bond donors (Lipinski definition) is 1. The van der Waals surface area contributed by atoms with E-state index in [-0.39, 0.29) is 17.2 Å². The molecule has 12 heteroatoms. The van der Waals surface area contributed by atoms with Gasteiger partial charge in [0.2, 0.25) is 11.9 Å². The Labute approximate surface area is 218 Å². The Kier molecular flexibility index (Phi) is 6.35. The molecule has 2 atom stereocenters. The van der Waals surface area contributed by atoms with Gasteiger partial charge in [0.1, 0.15) is 23.6 Å². The lowest BCUT2D eigenvalue weighted by Crippen LogP contribution is -2.30. The second kappa shape index (κ2) is 9.61. The van der Waals surface area contributed by atoms with Crippen molar-refractivity contribution in [2.24, 2.45) is 0 Å². The Morgan fingerprint density at radius 1 is 1.25 bits per heavy atom. The van der Waals surface area contributed by atoms with Crippen molar-refractivity contribution in [3.8, 4) is 17.9 Å². The molecule has 1 aliphatic carbocycles. The van der Waals surface area contributed by atoms with Crippen LogP contribution in [0.3, 0.4) is 0 Å². The summed E-state index contributed by atoms with van der Waals surface area (Å²) in [5.74, 6) is 1.15. The normalized spacial score (nSPS) is 16.3. The molecular formula is C24H17BrClFN8O. The SMILES string of the molecule is COc1ccc(CN(c2nc(Nc3cc(C#N)cc(Br)c3Cl)nc3c(C#N)cnn23)[C@@H]2C[C@@H]2F)cc1. The Morgan fingerprint density at radius 2 is 2.00 bits per heavy atom. The molecule has 0 amide bonds. The molecule has 36 heavy (non-hydrogen) atoms. The maximum Gasteiger partial charge on any atom is 0.232 e. The predicted molar refractivity (Wildman–Crippen MR) is 135 cm³/mol.